The number of carbonyl (C=O) groups excluding carboxylic acids is 2. The number of hydrogen-bond acceptors (Lipinski definition) is 5. The van der Waals surface area contributed by atoms with E-state index in [2.05, 4.69) is 11.0 Å². The highest BCUT2D eigenvalue weighted by molar-refractivity contribution is 5.80. The molecule has 0 radical (unpaired) electrons. The minimum absolute atomic E-state index is 0.0306. The Hall–Kier alpha value is -2.43. The largest absolute Gasteiger partial charge is 0.369 e. The van der Waals surface area contributed by atoms with Crippen LogP contribution in [0.15, 0.2) is 24.3 Å². The second-order valence-electron chi connectivity index (χ2n) is 7.45. The van der Waals surface area contributed by atoms with Crippen molar-refractivity contribution in [3.8, 4) is 6.07 Å². The number of benzene rings is 1. The smallest absolute Gasteiger partial charge is 0.231 e. The monoisotopic (exact) mass is 369 g/mol. The van der Waals surface area contributed by atoms with Crippen LogP contribution in [0.2, 0.25) is 0 Å². The van der Waals surface area contributed by atoms with E-state index in [9.17, 15) is 9.59 Å². The van der Waals surface area contributed by atoms with Crippen molar-refractivity contribution < 1.29 is 9.59 Å². The molecule has 0 spiro atoms. The molecule has 144 valence electrons. The maximum atomic E-state index is 12.9. The maximum absolute atomic E-state index is 12.9. The van der Waals surface area contributed by atoms with Crippen molar-refractivity contribution in [1.82, 2.24) is 14.7 Å². The molecule has 1 atom stereocenters. The van der Waals surface area contributed by atoms with Gasteiger partial charge in [-0.2, -0.15) is 5.26 Å². The van der Waals surface area contributed by atoms with E-state index < -0.39 is 0 Å². The van der Waals surface area contributed by atoms with Gasteiger partial charge in [0.1, 0.15) is 0 Å². The third-order valence-corrected chi connectivity index (χ3v) is 5.38. The summed E-state index contributed by atoms with van der Waals surface area (Å²) in [5, 5.41) is 9.02. The molecular formula is C20H27N5O2. The van der Waals surface area contributed by atoms with Crippen LogP contribution in [-0.4, -0.2) is 72.3 Å². The van der Waals surface area contributed by atoms with E-state index in [1.807, 2.05) is 34.1 Å². The lowest BCUT2D eigenvalue weighted by molar-refractivity contribution is -0.139. The highest BCUT2D eigenvalue weighted by Gasteiger charge is 2.31. The zero-order valence-corrected chi connectivity index (χ0v) is 15.6. The average Bonchev–Trinajstić information content (AvgIpc) is 2.68. The summed E-state index contributed by atoms with van der Waals surface area (Å²) in [6.07, 6.45) is 1.81. The van der Waals surface area contributed by atoms with Gasteiger partial charge in [0.2, 0.25) is 11.8 Å². The second kappa shape index (κ2) is 8.98. The highest BCUT2D eigenvalue weighted by Crippen LogP contribution is 2.20. The Morgan fingerprint density at radius 2 is 1.93 bits per heavy atom. The molecule has 0 aromatic heterocycles. The third-order valence-electron chi connectivity index (χ3n) is 5.38. The first-order valence-corrected chi connectivity index (χ1v) is 9.56. The van der Waals surface area contributed by atoms with Crippen molar-refractivity contribution in [2.75, 3.05) is 45.8 Å². The first-order valence-electron chi connectivity index (χ1n) is 9.56. The summed E-state index contributed by atoms with van der Waals surface area (Å²) >= 11 is 0. The van der Waals surface area contributed by atoms with Crippen LogP contribution in [0, 0.1) is 17.2 Å². The van der Waals surface area contributed by atoms with E-state index in [0.29, 0.717) is 12.1 Å². The summed E-state index contributed by atoms with van der Waals surface area (Å²) < 4.78 is 0. The summed E-state index contributed by atoms with van der Waals surface area (Å²) in [5.74, 6) is -0.163. The number of nitrogens with zero attached hydrogens (tertiary/aromatic N) is 4. The number of nitriles is 1. The van der Waals surface area contributed by atoms with E-state index in [0.717, 1.165) is 57.7 Å². The Labute approximate surface area is 160 Å². The molecule has 2 amide bonds. The van der Waals surface area contributed by atoms with E-state index in [1.165, 1.54) is 0 Å². The number of primary amides is 1. The van der Waals surface area contributed by atoms with Crippen LogP contribution in [0.5, 0.6) is 0 Å². The fourth-order valence-electron chi connectivity index (χ4n) is 4.00. The number of piperidine rings is 1. The molecule has 3 rings (SSSR count). The van der Waals surface area contributed by atoms with Crippen LogP contribution in [0.1, 0.15) is 24.0 Å². The molecule has 2 N–H and O–H groups in total. The molecule has 0 saturated carbocycles. The fourth-order valence-corrected chi connectivity index (χ4v) is 4.00. The molecule has 2 aliphatic rings. The fraction of sp³-hybridized carbons (Fsp3) is 0.550. The van der Waals surface area contributed by atoms with Gasteiger partial charge in [0.25, 0.3) is 0 Å². The lowest BCUT2D eigenvalue weighted by Gasteiger charge is -2.38. The highest BCUT2D eigenvalue weighted by atomic mass is 16.2. The molecule has 7 heteroatoms. The number of likely N-dealkylation sites (tertiary alicyclic amines) is 1. The Balaban J connectivity index is 1.49. The van der Waals surface area contributed by atoms with Crippen molar-refractivity contribution in [3.63, 3.8) is 0 Å². The molecule has 0 aliphatic carbocycles. The normalized spacial score (nSPS) is 21.6. The van der Waals surface area contributed by atoms with E-state index in [-0.39, 0.29) is 24.3 Å². The summed E-state index contributed by atoms with van der Waals surface area (Å²) in [6.45, 7) is 5.62. The Bertz CT molecular complexity index is 721. The van der Waals surface area contributed by atoms with Gasteiger partial charge in [0.05, 0.1) is 24.1 Å². The second-order valence-corrected chi connectivity index (χ2v) is 7.45. The van der Waals surface area contributed by atoms with Gasteiger partial charge in [-0.05, 0) is 37.1 Å². The van der Waals surface area contributed by atoms with Gasteiger partial charge in [-0.1, -0.05) is 12.1 Å². The van der Waals surface area contributed by atoms with Gasteiger partial charge in [-0.3, -0.25) is 19.4 Å². The molecule has 2 aliphatic heterocycles. The van der Waals surface area contributed by atoms with Gasteiger partial charge in [0, 0.05) is 39.3 Å². The quantitative estimate of drug-likeness (QED) is 0.811. The number of amides is 2. The van der Waals surface area contributed by atoms with Gasteiger partial charge < -0.3 is 10.6 Å². The van der Waals surface area contributed by atoms with Crippen LogP contribution < -0.4 is 5.73 Å². The molecule has 2 fully saturated rings. The van der Waals surface area contributed by atoms with Crippen LogP contribution in [-0.2, 0) is 16.1 Å². The summed E-state index contributed by atoms with van der Waals surface area (Å²) in [7, 11) is 0. The minimum atomic E-state index is -0.336. The standard InChI is InChI=1S/C20H27N5O2/c21-12-16-3-1-4-17(11-16)13-23-7-9-25(10-8-23)20(27)18-5-2-6-24(14-18)15-19(22)26/h1,3-4,11,18H,2,5-10,13-15H2,(H2,22,26). The van der Waals surface area contributed by atoms with Crippen LogP contribution in [0.25, 0.3) is 0 Å². The van der Waals surface area contributed by atoms with Crippen LogP contribution in [0.4, 0.5) is 0 Å². The van der Waals surface area contributed by atoms with E-state index >= 15 is 0 Å². The Kier molecular flexibility index (Phi) is 6.43. The minimum Gasteiger partial charge on any atom is -0.369 e. The van der Waals surface area contributed by atoms with E-state index in [1.54, 1.807) is 0 Å². The number of nitrogens with two attached hydrogens (primary N) is 1. The number of carbonyl (C=O) groups is 2. The number of hydrogen-bond donors (Lipinski definition) is 1. The first-order chi connectivity index (χ1) is 13.0. The van der Waals surface area contributed by atoms with Gasteiger partial charge in [0.15, 0.2) is 0 Å². The lowest BCUT2D eigenvalue weighted by Crippen LogP contribution is -2.52. The van der Waals surface area contributed by atoms with Crippen molar-refractivity contribution in [2.45, 2.75) is 19.4 Å². The molecule has 0 bridgehead atoms. The van der Waals surface area contributed by atoms with Crippen molar-refractivity contribution >= 4 is 11.8 Å². The predicted molar refractivity (Wildman–Crippen MR) is 101 cm³/mol. The molecule has 2 heterocycles. The van der Waals surface area contributed by atoms with Crippen molar-refractivity contribution in [1.29, 1.82) is 5.26 Å². The Morgan fingerprint density at radius 1 is 1.15 bits per heavy atom. The molecule has 1 unspecified atom stereocenters. The SMILES string of the molecule is N#Cc1cccc(CN2CCN(C(=O)C3CCCN(CC(N)=O)C3)CC2)c1. The topological polar surface area (TPSA) is 93.7 Å². The lowest BCUT2D eigenvalue weighted by atomic mass is 9.96. The number of piperazine rings is 1. The van der Waals surface area contributed by atoms with Gasteiger partial charge in [-0.15, -0.1) is 0 Å². The van der Waals surface area contributed by atoms with Crippen molar-refractivity contribution in [2.24, 2.45) is 11.7 Å². The summed E-state index contributed by atoms with van der Waals surface area (Å²) in [6, 6.07) is 9.86. The zero-order chi connectivity index (χ0) is 19.2. The summed E-state index contributed by atoms with van der Waals surface area (Å²) in [4.78, 5) is 30.3. The Morgan fingerprint density at radius 3 is 2.63 bits per heavy atom. The van der Waals surface area contributed by atoms with Crippen molar-refractivity contribution in [3.05, 3.63) is 35.4 Å². The third kappa shape index (κ3) is 5.28. The average molecular weight is 369 g/mol. The molecule has 7 nitrogen and oxygen atoms in total. The summed E-state index contributed by atoms with van der Waals surface area (Å²) in [5.41, 5.74) is 7.09. The van der Waals surface area contributed by atoms with Gasteiger partial charge in [-0.25, -0.2) is 0 Å². The zero-order valence-electron chi connectivity index (χ0n) is 15.6. The molecular weight excluding hydrogens is 342 g/mol. The number of rotatable bonds is 5. The van der Waals surface area contributed by atoms with Crippen LogP contribution in [0.3, 0.4) is 0 Å². The molecule has 1 aromatic carbocycles. The molecule has 1 aromatic rings. The van der Waals surface area contributed by atoms with Crippen LogP contribution >= 0.6 is 0 Å². The first kappa shape index (κ1) is 19.3. The van der Waals surface area contributed by atoms with Gasteiger partial charge >= 0.3 is 0 Å². The van der Waals surface area contributed by atoms with E-state index in [4.69, 9.17) is 11.0 Å². The maximum Gasteiger partial charge on any atom is 0.231 e. The predicted octanol–water partition coefficient (Wildman–Crippen LogP) is 0.400. The molecule has 27 heavy (non-hydrogen) atoms. The molecule has 2 saturated heterocycles.